The minimum atomic E-state index is -0.0354. The van der Waals surface area contributed by atoms with Crippen molar-refractivity contribution in [1.29, 1.82) is 0 Å². The van der Waals surface area contributed by atoms with E-state index < -0.39 is 0 Å². The lowest BCUT2D eigenvalue weighted by Gasteiger charge is -2.23. The lowest BCUT2D eigenvalue weighted by molar-refractivity contribution is 0.660. The van der Waals surface area contributed by atoms with Crippen molar-refractivity contribution in [3.8, 4) is 44.5 Å². The predicted octanol–water partition coefficient (Wildman–Crippen LogP) is 13.0. The number of rotatable bonds is 3. The summed E-state index contributed by atoms with van der Waals surface area (Å²) in [5, 5.41) is 10.4. The maximum Gasteiger partial charge on any atom is 0.0159 e. The van der Waals surface area contributed by atoms with Gasteiger partial charge in [0.05, 0.1) is 0 Å². The van der Waals surface area contributed by atoms with Crippen LogP contribution in [0.1, 0.15) is 25.0 Å². The predicted molar refractivity (Wildman–Crippen MR) is 202 cm³/mol. The highest BCUT2D eigenvalue weighted by Gasteiger charge is 2.35. The van der Waals surface area contributed by atoms with Crippen molar-refractivity contribution in [1.82, 2.24) is 0 Å². The molecule has 0 aliphatic heterocycles. The van der Waals surface area contributed by atoms with E-state index in [-0.39, 0.29) is 5.41 Å². The van der Waals surface area contributed by atoms with Gasteiger partial charge in [0.2, 0.25) is 0 Å². The number of fused-ring (bicyclic) bond motifs is 4. The molecule has 220 valence electrons. The van der Waals surface area contributed by atoms with Crippen LogP contribution >= 0.6 is 0 Å². The highest BCUT2D eigenvalue weighted by molar-refractivity contribution is 6.29. The van der Waals surface area contributed by atoms with Gasteiger partial charge in [-0.3, -0.25) is 0 Å². The quantitative estimate of drug-likeness (QED) is 0.178. The highest BCUT2D eigenvalue weighted by Crippen LogP contribution is 2.51. The molecule has 0 radical (unpaired) electrons. The number of benzene rings is 9. The normalized spacial score (nSPS) is 13.5. The van der Waals surface area contributed by atoms with E-state index in [0.717, 1.165) is 0 Å². The van der Waals surface area contributed by atoms with Gasteiger partial charge in [0.1, 0.15) is 0 Å². The number of hydrogen-bond acceptors (Lipinski definition) is 0. The Balaban J connectivity index is 1.24. The van der Waals surface area contributed by atoms with E-state index in [4.69, 9.17) is 0 Å². The molecular weight excluding hydrogens is 565 g/mol. The van der Waals surface area contributed by atoms with E-state index in [0.29, 0.717) is 0 Å². The van der Waals surface area contributed by atoms with Crippen molar-refractivity contribution in [2.24, 2.45) is 0 Å². The molecule has 0 saturated carbocycles. The molecule has 0 heteroatoms. The summed E-state index contributed by atoms with van der Waals surface area (Å²) in [5.41, 5.74) is 13.2. The van der Waals surface area contributed by atoms with Crippen LogP contribution in [0.5, 0.6) is 0 Å². The largest absolute Gasteiger partial charge is 0.0622 e. The second-order valence-corrected chi connectivity index (χ2v) is 13.7. The van der Waals surface area contributed by atoms with Crippen LogP contribution in [0.3, 0.4) is 0 Å². The third-order valence-corrected chi connectivity index (χ3v) is 10.8. The lowest BCUT2D eigenvalue weighted by Crippen LogP contribution is -2.14. The van der Waals surface area contributed by atoms with Crippen LogP contribution in [0.15, 0.2) is 158 Å². The summed E-state index contributed by atoms with van der Waals surface area (Å²) < 4.78 is 0. The minimum Gasteiger partial charge on any atom is -0.0622 e. The smallest absolute Gasteiger partial charge is 0.0159 e. The lowest BCUT2D eigenvalue weighted by atomic mass is 9.80. The first-order chi connectivity index (χ1) is 23.1. The first-order valence-corrected chi connectivity index (χ1v) is 16.6. The van der Waals surface area contributed by atoms with Gasteiger partial charge in [-0.1, -0.05) is 141 Å². The highest BCUT2D eigenvalue weighted by atomic mass is 14.4. The first-order valence-electron chi connectivity index (χ1n) is 16.6. The van der Waals surface area contributed by atoms with E-state index in [1.54, 1.807) is 0 Å². The van der Waals surface area contributed by atoms with Crippen molar-refractivity contribution in [2.75, 3.05) is 0 Å². The van der Waals surface area contributed by atoms with E-state index in [1.165, 1.54) is 98.7 Å². The van der Waals surface area contributed by atoms with Crippen LogP contribution in [0.4, 0.5) is 0 Å². The Morgan fingerprint density at radius 3 is 1.62 bits per heavy atom. The zero-order valence-electron chi connectivity index (χ0n) is 26.5. The summed E-state index contributed by atoms with van der Waals surface area (Å²) in [6.07, 6.45) is 0. The summed E-state index contributed by atoms with van der Waals surface area (Å²) in [5.74, 6) is 0. The molecule has 0 amide bonds. The van der Waals surface area contributed by atoms with Crippen molar-refractivity contribution < 1.29 is 0 Å². The Morgan fingerprint density at radius 1 is 0.319 bits per heavy atom. The molecule has 9 aromatic rings. The van der Waals surface area contributed by atoms with Crippen molar-refractivity contribution in [2.45, 2.75) is 19.3 Å². The van der Waals surface area contributed by atoms with Crippen molar-refractivity contribution in [3.05, 3.63) is 169 Å². The fourth-order valence-electron chi connectivity index (χ4n) is 8.51. The van der Waals surface area contributed by atoms with Gasteiger partial charge in [-0.05, 0) is 129 Å². The van der Waals surface area contributed by atoms with E-state index in [1.807, 2.05) is 0 Å². The molecule has 10 rings (SSSR count). The van der Waals surface area contributed by atoms with E-state index >= 15 is 0 Å². The van der Waals surface area contributed by atoms with Crippen molar-refractivity contribution in [3.63, 3.8) is 0 Å². The Labute approximate surface area is 274 Å². The van der Waals surface area contributed by atoms with Crippen molar-refractivity contribution >= 4 is 43.1 Å². The molecule has 47 heavy (non-hydrogen) atoms. The maximum absolute atomic E-state index is 2.46. The SMILES string of the molecule is CC1(C)c2ccccc2-c2ccc(-c3cc4cccc5c(-c6cc7ccccc7cc6-c6ccccc6)cc6cccc3c6c45)cc21. The molecule has 0 unspecified atom stereocenters. The average Bonchev–Trinajstić information content (AvgIpc) is 3.35. The molecule has 0 spiro atoms. The molecule has 9 aromatic carbocycles. The molecule has 0 bridgehead atoms. The average molecular weight is 597 g/mol. The van der Waals surface area contributed by atoms with Gasteiger partial charge >= 0.3 is 0 Å². The molecule has 0 nitrogen and oxygen atoms in total. The van der Waals surface area contributed by atoms with E-state index in [9.17, 15) is 0 Å². The summed E-state index contributed by atoms with van der Waals surface area (Å²) in [6, 6.07) is 59.0. The fraction of sp³-hybridized carbons (Fsp3) is 0.0638. The molecule has 1 aliphatic carbocycles. The third-order valence-electron chi connectivity index (χ3n) is 10.8. The molecule has 0 atom stereocenters. The summed E-state index contributed by atoms with van der Waals surface area (Å²) in [7, 11) is 0. The standard InChI is InChI=1S/C47H32/c1-47(2)43-21-9-8-18-35(43)36-23-22-32(28-44(36)47)40-26-33-16-11-20-38-41(27-34-17-10-19-37(40)45(34)46(33)38)42-25-31-15-7-6-14-30(31)24-39(42)29-12-4-3-5-13-29/h3-28H,1-2H3. The molecule has 0 saturated heterocycles. The third kappa shape index (κ3) is 3.76. The van der Waals surface area contributed by atoms with Gasteiger partial charge in [0, 0.05) is 5.41 Å². The van der Waals surface area contributed by atoms with E-state index in [2.05, 4.69) is 172 Å². The van der Waals surface area contributed by atoms with Gasteiger partial charge in [-0.15, -0.1) is 0 Å². The van der Waals surface area contributed by atoms with Gasteiger partial charge in [-0.25, -0.2) is 0 Å². The van der Waals surface area contributed by atoms with Gasteiger partial charge in [0.15, 0.2) is 0 Å². The Bertz CT molecular complexity index is 2690. The zero-order valence-corrected chi connectivity index (χ0v) is 26.5. The van der Waals surface area contributed by atoms with Crippen LogP contribution in [-0.4, -0.2) is 0 Å². The zero-order chi connectivity index (χ0) is 31.3. The molecule has 1 aliphatic rings. The second-order valence-electron chi connectivity index (χ2n) is 13.7. The van der Waals surface area contributed by atoms with Crippen LogP contribution in [-0.2, 0) is 5.41 Å². The first kappa shape index (κ1) is 26.5. The molecule has 0 fully saturated rings. The molecular formula is C47H32. The summed E-state index contributed by atoms with van der Waals surface area (Å²) in [6.45, 7) is 4.73. The summed E-state index contributed by atoms with van der Waals surface area (Å²) >= 11 is 0. The number of hydrogen-bond donors (Lipinski definition) is 0. The maximum atomic E-state index is 2.46. The molecule has 0 N–H and O–H groups in total. The van der Waals surface area contributed by atoms with Crippen LogP contribution in [0.25, 0.3) is 87.6 Å². The molecule has 0 heterocycles. The summed E-state index contributed by atoms with van der Waals surface area (Å²) in [4.78, 5) is 0. The monoisotopic (exact) mass is 596 g/mol. The van der Waals surface area contributed by atoms with Gasteiger partial charge in [-0.2, -0.15) is 0 Å². The fourth-order valence-corrected chi connectivity index (χ4v) is 8.51. The Kier molecular flexibility index (Phi) is 5.44. The minimum absolute atomic E-state index is 0.0354. The Hall–Kier alpha value is -5.72. The van der Waals surface area contributed by atoms with Crippen LogP contribution < -0.4 is 0 Å². The van der Waals surface area contributed by atoms with Gasteiger partial charge in [0.25, 0.3) is 0 Å². The topological polar surface area (TPSA) is 0 Å². The van der Waals surface area contributed by atoms with Gasteiger partial charge < -0.3 is 0 Å². The Morgan fingerprint density at radius 2 is 0.872 bits per heavy atom. The molecule has 0 aromatic heterocycles. The second kappa shape index (κ2) is 9.64. The van der Waals surface area contributed by atoms with Crippen LogP contribution in [0, 0.1) is 0 Å². The van der Waals surface area contributed by atoms with Crippen LogP contribution in [0.2, 0.25) is 0 Å².